The normalized spacial score (nSPS) is 38.4. The Bertz CT molecular complexity index is 710. The summed E-state index contributed by atoms with van der Waals surface area (Å²) in [5.41, 5.74) is -0.220. The summed E-state index contributed by atoms with van der Waals surface area (Å²) >= 11 is 0. The van der Waals surface area contributed by atoms with Gasteiger partial charge >= 0.3 is 12.1 Å². The van der Waals surface area contributed by atoms with E-state index < -0.39 is 12.1 Å². The second kappa shape index (κ2) is 5.95. The number of hydrogen-bond acceptors (Lipinski definition) is 4. The first-order valence-electron chi connectivity index (χ1n) is 10.0. The lowest BCUT2D eigenvalue weighted by Crippen LogP contribution is -2.55. The summed E-state index contributed by atoms with van der Waals surface area (Å²) in [6.45, 7) is 1.07. The molecule has 6 rings (SSSR count). The molecule has 148 valence electrons. The first-order chi connectivity index (χ1) is 12.8. The largest absolute Gasteiger partial charge is 0.470 e. The number of halogens is 3. The van der Waals surface area contributed by atoms with Crippen molar-refractivity contribution in [2.45, 2.75) is 63.5 Å². The Morgan fingerprint density at radius 3 is 2.26 bits per heavy atom. The van der Waals surface area contributed by atoms with Gasteiger partial charge in [-0.1, -0.05) is 0 Å². The highest BCUT2D eigenvalue weighted by molar-refractivity contribution is 5.83. The summed E-state index contributed by atoms with van der Waals surface area (Å²) in [7, 11) is 0. The van der Waals surface area contributed by atoms with Crippen molar-refractivity contribution in [2.75, 3.05) is 13.1 Å². The fourth-order valence-electron chi connectivity index (χ4n) is 6.59. The van der Waals surface area contributed by atoms with E-state index in [0.29, 0.717) is 37.3 Å². The standard InChI is InChI=1S/C19H24F3N3O2/c20-19(21,22)16-24-23-15(27-16)14-2-1-3-25(10-14)17(26)18-7-11-4-12(8-18)6-13(5-11)9-18/h11-14H,1-10H2. The molecule has 0 aromatic carbocycles. The third-order valence-corrected chi connectivity index (χ3v) is 7.23. The molecule has 0 N–H and O–H groups in total. The summed E-state index contributed by atoms with van der Waals surface area (Å²) in [5.74, 6) is 0.678. The number of amides is 1. The van der Waals surface area contributed by atoms with Crippen molar-refractivity contribution in [2.24, 2.45) is 23.2 Å². The van der Waals surface area contributed by atoms with Crippen LogP contribution in [0.3, 0.4) is 0 Å². The van der Waals surface area contributed by atoms with Gasteiger partial charge in [-0.3, -0.25) is 4.79 Å². The Balaban J connectivity index is 1.32. The molecule has 1 aromatic rings. The highest BCUT2D eigenvalue weighted by atomic mass is 19.4. The molecule has 1 unspecified atom stereocenters. The van der Waals surface area contributed by atoms with Crippen LogP contribution >= 0.6 is 0 Å². The van der Waals surface area contributed by atoms with E-state index in [0.717, 1.165) is 25.7 Å². The lowest BCUT2D eigenvalue weighted by Gasteiger charge is -2.57. The molecule has 4 aliphatic carbocycles. The number of aromatic nitrogens is 2. The number of hydrogen-bond donors (Lipinski definition) is 0. The molecule has 27 heavy (non-hydrogen) atoms. The van der Waals surface area contributed by atoms with E-state index in [2.05, 4.69) is 10.2 Å². The molecule has 1 amide bonds. The maximum absolute atomic E-state index is 13.5. The van der Waals surface area contributed by atoms with Crippen LogP contribution in [0.15, 0.2) is 4.42 Å². The summed E-state index contributed by atoms with van der Waals surface area (Å²) in [5, 5.41) is 6.76. The van der Waals surface area contributed by atoms with Gasteiger partial charge in [0.1, 0.15) is 0 Å². The minimum atomic E-state index is -4.63. The molecule has 1 saturated heterocycles. The van der Waals surface area contributed by atoms with Gasteiger partial charge in [-0.15, -0.1) is 10.2 Å². The Morgan fingerprint density at radius 1 is 1.07 bits per heavy atom. The molecule has 1 aromatic heterocycles. The van der Waals surface area contributed by atoms with Crippen molar-refractivity contribution in [3.05, 3.63) is 11.8 Å². The molecule has 5 aliphatic rings. The third-order valence-electron chi connectivity index (χ3n) is 7.23. The van der Waals surface area contributed by atoms with Crippen LogP contribution in [-0.2, 0) is 11.0 Å². The predicted octanol–water partition coefficient (Wildman–Crippen LogP) is 4.01. The second-order valence-corrected chi connectivity index (χ2v) is 9.23. The Kier molecular flexibility index (Phi) is 3.85. The van der Waals surface area contributed by atoms with Gasteiger partial charge < -0.3 is 9.32 Å². The van der Waals surface area contributed by atoms with Gasteiger partial charge in [0.25, 0.3) is 0 Å². The summed E-state index contributed by atoms with van der Waals surface area (Å²) in [4.78, 5) is 15.3. The van der Waals surface area contributed by atoms with Gasteiger partial charge in [0, 0.05) is 13.1 Å². The predicted molar refractivity (Wildman–Crippen MR) is 88.5 cm³/mol. The van der Waals surface area contributed by atoms with E-state index in [-0.39, 0.29) is 23.1 Å². The lowest BCUT2D eigenvalue weighted by molar-refractivity contribution is -0.160. The minimum absolute atomic E-state index is 0.00494. The van der Waals surface area contributed by atoms with Crippen molar-refractivity contribution in [3.8, 4) is 0 Å². The summed E-state index contributed by atoms with van der Waals surface area (Å²) in [6, 6.07) is 0. The molecule has 5 fully saturated rings. The van der Waals surface area contributed by atoms with Crippen LogP contribution in [0.5, 0.6) is 0 Å². The maximum Gasteiger partial charge on any atom is 0.470 e. The van der Waals surface area contributed by atoms with Gasteiger partial charge in [0.2, 0.25) is 11.8 Å². The van der Waals surface area contributed by atoms with Crippen molar-refractivity contribution in [1.29, 1.82) is 0 Å². The Morgan fingerprint density at radius 2 is 1.70 bits per heavy atom. The SMILES string of the molecule is O=C(N1CCCC(c2nnc(C(F)(F)F)o2)C1)C12CC3CC(CC(C3)C1)C2. The number of carbonyl (C=O) groups excluding carboxylic acids is 1. The number of alkyl halides is 3. The monoisotopic (exact) mass is 383 g/mol. The summed E-state index contributed by atoms with van der Waals surface area (Å²) < 4.78 is 43.1. The maximum atomic E-state index is 13.5. The van der Waals surface area contributed by atoms with Gasteiger partial charge in [-0.05, 0) is 69.1 Å². The third kappa shape index (κ3) is 2.95. The molecule has 5 nitrogen and oxygen atoms in total. The molecular weight excluding hydrogens is 359 g/mol. The van der Waals surface area contributed by atoms with E-state index in [9.17, 15) is 18.0 Å². The van der Waals surface area contributed by atoms with Crippen molar-refractivity contribution >= 4 is 5.91 Å². The first-order valence-corrected chi connectivity index (χ1v) is 10.0. The average molecular weight is 383 g/mol. The fourth-order valence-corrected chi connectivity index (χ4v) is 6.59. The van der Waals surface area contributed by atoms with Crippen LogP contribution in [0.4, 0.5) is 13.2 Å². The quantitative estimate of drug-likeness (QED) is 0.774. The number of likely N-dealkylation sites (tertiary alicyclic amines) is 1. The fraction of sp³-hybridized carbons (Fsp3) is 0.842. The van der Waals surface area contributed by atoms with Crippen molar-refractivity contribution in [3.63, 3.8) is 0 Å². The lowest BCUT2D eigenvalue weighted by atomic mass is 9.49. The van der Waals surface area contributed by atoms with Crippen LogP contribution in [0.2, 0.25) is 0 Å². The number of nitrogens with zero attached hydrogens (tertiary/aromatic N) is 3. The second-order valence-electron chi connectivity index (χ2n) is 9.23. The molecule has 4 bridgehead atoms. The van der Waals surface area contributed by atoms with E-state index in [4.69, 9.17) is 4.42 Å². The molecule has 1 atom stereocenters. The Hall–Kier alpha value is -1.60. The molecule has 0 radical (unpaired) electrons. The van der Waals surface area contributed by atoms with E-state index in [1.54, 1.807) is 0 Å². The van der Waals surface area contributed by atoms with E-state index in [1.165, 1.54) is 19.3 Å². The molecule has 8 heteroatoms. The highest BCUT2D eigenvalue weighted by Gasteiger charge is 2.56. The number of carbonyl (C=O) groups is 1. The van der Waals surface area contributed by atoms with E-state index in [1.807, 2.05) is 4.90 Å². The van der Waals surface area contributed by atoms with Gasteiger partial charge in [-0.25, -0.2) is 0 Å². The van der Waals surface area contributed by atoms with Gasteiger partial charge in [-0.2, -0.15) is 13.2 Å². The van der Waals surface area contributed by atoms with Crippen molar-refractivity contribution < 1.29 is 22.4 Å². The first kappa shape index (κ1) is 17.5. The Labute approximate surface area is 155 Å². The van der Waals surface area contributed by atoms with Gasteiger partial charge in [0.05, 0.1) is 11.3 Å². The van der Waals surface area contributed by atoms with Crippen LogP contribution in [-0.4, -0.2) is 34.1 Å². The molecule has 0 spiro atoms. The summed E-state index contributed by atoms with van der Waals surface area (Å²) in [6.07, 6.45) is 3.62. The van der Waals surface area contributed by atoms with Crippen LogP contribution in [0.1, 0.15) is 69.1 Å². The van der Waals surface area contributed by atoms with Crippen LogP contribution < -0.4 is 0 Å². The molecule has 4 saturated carbocycles. The van der Waals surface area contributed by atoms with Gasteiger partial charge in [0.15, 0.2) is 0 Å². The average Bonchev–Trinajstić information content (AvgIpc) is 3.10. The minimum Gasteiger partial charge on any atom is -0.417 e. The highest BCUT2D eigenvalue weighted by Crippen LogP contribution is 2.60. The number of piperidine rings is 1. The molecule has 1 aliphatic heterocycles. The molecular formula is C19H24F3N3O2. The van der Waals surface area contributed by atoms with Crippen LogP contribution in [0, 0.1) is 23.2 Å². The zero-order chi connectivity index (χ0) is 18.8. The van der Waals surface area contributed by atoms with Crippen molar-refractivity contribution in [1.82, 2.24) is 15.1 Å². The smallest absolute Gasteiger partial charge is 0.417 e. The molecule has 2 heterocycles. The van der Waals surface area contributed by atoms with E-state index >= 15 is 0 Å². The zero-order valence-corrected chi connectivity index (χ0v) is 15.2. The zero-order valence-electron chi connectivity index (χ0n) is 15.2. The van der Waals surface area contributed by atoms with Crippen LogP contribution in [0.25, 0.3) is 0 Å². The number of rotatable bonds is 2. The topological polar surface area (TPSA) is 59.2 Å².